The molecular formula is C11H17N3O3S. The number of carbonyl (C=O) groups is 2. The molecule has 0 aliphatic carbocycles. The highest BCUT2D eigenvalue weighted by Crippen LogP contribution is 2.18. The number of imidazole rings is 1. The maximum atomic E-state index is 11.8. The summed E-state index contributed by atoms with van der Waals surface area (Å²) in [6.07, 6.45) is 1.64. The van der Waals surface area contributed by atoms with Crippen molar-refractivity contribution in [1.29, 1.82) is 0 Å². The molecule has 0 saturated heterocycles. The molecule has 0 aromatic carbocycles. The van der Waals surface area contributed by atoms with Crippen LogP contribution in [0.1, 0.15) is 12.6 Å². The molecule has 0 unspecified atom stereocenters. The number of nitrogens with zero attached hydrogens (tertiary/aromatic N) is 3. The zero-order valence-corrected chi connectivity index (χ0v) is 11.5. The van der Waals surface area contributed by atoms with E-state index < -0.39 is 5.97 Å². The Bertz CT molecular complexity index is 445. The van der Waals surface area contributed by atoms with Gasteiger partial charge >= 0.3 is 5.97 Å². The van der Waals surface area contributed by atoms with Crippen molar-refractivity contribution in [3.8, 4) is 0 Å². The van der Waals surface area contributed by atoms with Gasteiger partial charge in [-0.25, -0.2) is 4.98 Å². The first-order valence-electron chi connectivity index (χ1n) is 5.56. The Hall–Kier alpha value is -1.50. The highest BCUT2D eigenvalue weighted by molar-refractivity contribution is 7.99. The Morgan fingerprint density at radius 1 is 1.56 bits per heavy atom. The second-order valence-electron chi connectivity index (χ2n) is 3.86. The van der Waals surface area contributed by atoms with Gasteiger partial charge in [0.25, 0.3) is 0 Å². The third-order valence-electron chi connectivity index (χ3n) is 2.54. The third kappa shape index (κ3) is 3.76. The fraction of sp³-hybridized carbons (Fsp3) is 0.545. The number of carboxylic acids is 1. The first-order chi connectivity index (χ1) is 8.45. The van der Waals surface area contributed by atoms with Crippen LogP contribution in [-0.4, -0.2) is 50.8 Å². The molecule has 0 spiro atoms. The minimum Gasteiger partial charge on any atom is -0.481 e. The van der Waals surface area contributed by atoms with Crippen molar-refractivity contribution >= 4 is 23.6 Å². The average molecular weight is 271 g/mol. The molecule has 0 atom stereocenters. The summed E-state index contributed by atoms with van der Waals surface area (Å²) in [6, 6.07) is 0. The highest BCUT2D eigenvalue weighted by Gasteiger charge is 2.14. The smallest absolute Gasteiger partial charge is 0.313 e. The number of carbonyl (C=O) groups excluding carboxylic acids is 1. The van der Waals surface area contributed by atoms with Crippen LogP contribution in [0.5, 0.6) is 0 Å². The van der Waals surface area contributed by atoms with Gasteiger partial charge in [0.2, 0.25) is 5.91 Å². The molecule has 7 heteroatoms. The van der Waals surface area contributed by atoms with Crippen LogP contribution in [-0.2, 0) is 16.1 Å². The van der Waals surface area contributed by atoms with Crippen molar-refractivity contribution in [1.82, 2.24) is 14.5 Å². The molecule has 0 aliphatic heterocycles. The maximum absolute atomic E-state index is 11.8. The largest absolute Gasteiger partial charge is 0.481 e. The number of carboxylic acid groups (broad SMARTS) is 1. The Labute approximate surface area is 110 Å². The molecule has 0 fully saturated rings. The summed E-state index contributed by atoms with van der Waals surface area (Å²) in [5.74, 6) is -0.978. The summed E-state index contributed by atoms with van der Waals surface area (Å²) in [5, 5.41) is 9.21. The highest BCUT2D eigenvalue weighted by atomic mass is 32.2. The van der Waals surface area contributed by atoms with Gasteiger partial charge in [-0.3, -0.25) is 9.59 Å². The number of likely N-dealkylation sites (N-methyl/N-ethyl adjacent to an activating group) is 1. The maximum Gasteiger partial charge on any atom is 0.313 e. The van der Waals surface area contributed by atoms with Gasteiger partial charge in [0.15, 0.2) is 5.16 Å². The van der Waals surface area contributed by atoms with Crippen LogP contribution in [0.4, 0.5) is 0 Å². The standard InChI is InChI=1S/C11H17N3O3S/c1-4-13(3)9(15)6-14-8(2)5-12-11(14)18-7-10(16)17/h5H,4,6-7H2,1-3H3,(H,16,17). The van der Waals surface area contributed by atoms with E-state index in [-0.39, 0.29) is 18.2 Å². The molecule has 1 amide bonds. The lowest BCUT2D eigenvalue weighted by molar-refractivity contribution is -0.134. The van der Waals surface area contributed by atoms with E-state index >= 15 is 0 Å². The van der Waals surface area contributed by atoms with Crippen LogP contribution in [0.2, 0.25) is 0 Å². The molecule has 1 heterocycles. The van der Waals surface area contributed by atoms with Gasteiger partial charge < -0.3 is 14.6 Å². The van der Waals surface area contributed by atoms with E-state index in [4.69, 9.17) is 5.11 Å². The number of rotatable bonds is 6. The molecule has 18 heavy (non-hydrogen) atoms. The number of aryl methyl sites for hydroxylation is 1. The monoisotopic (exact) mass is 271 g/mol. The second-order valence-corrected chi connectivity index (χ2v) is 4.80. The molecule has 0 radical (unpaired) electrons. The van der Waals surface area contributed by atoms with Gasteiger partial charge in [-0.05, 0) is 13.8 Å². The molecule has 0 saturated carbocycles. The zero-order valence-electron chi connectivity index (χ0n) is 10.7. The Kier molecular flexibility index (Phi) is 5.21. The molecule has 0 aliphatic rings. The number of hydrogen-bond acceptors (Lipinski definition) is 4. The van der Waals surface area contributed by atoms with E-state index in [0.717, 1.165) is 17.5 Å². The van der Waals surface area contributed by atoms with Crippen molar-refractivity contribution in [3.63, 3.8) is 0 Å². The van der Waals surface area contributed by atoms with Gasteiger partial charge in [-0.1, -0.05) is 11.8 Å². The third-order valence-corrected chi connectivity index (χ3v) is 3.51. The number of hydrogen-bond donors (Lipinski definition) is 1. The van der Waals surface area contributed by atoms with E-state index in [1.165, 1.54) is 0 Å². The summed E-state index contributed by atoms with van der Waals surface area (Å²) in [5.41, 5.74) is 0.848. The van der Waals surface area contributed by atoms with Crippen LogP contribution in [0.15, 0.2) is 11.4 Å². The Morgan fingerprint density at radius 3 is 2.78 bits per heavy atom. The van der Waals surface area contributed by atoms with Crippen LogP contribution in [0.25, 0.3) is 0 Å². The number of amides is 1. The van der Waals surface area contributed by atoms with Gasteiger partial charge in [0.1, 0.15) is 6.54 Å². The minimum atomic E-state index is -0.899. The summed E-state index contributed by atoms with van der Waals surface area (Å²) in [4.78, 5) is 28.1. The molecule has 0 bridgehead atoms. The second kappa shape index (κ2) is 6.44. The van der Waals surface area contributed by atoms with E-state index in [1.54, 1.807) is 22.7 Å². The minimum absolute atomic E-state index is 0.0178. The number of thioether (sulfide) groups is 1. The fourth-order valence-electron chi connectivity index (χ4n) is 1.31. The van der Waals surface area contributed by atoms with Crippen LogP contribution >= 0.6 is 11.8 Å². The van der Waals surface area contributed by atoms with Gasteiger partial charge in [-0.15, -0.1) is 0 Å². The summed E-state index contributed by atoms with van der Waals surface area (Å²) in [6.45, 7) is 4.58. The van der Waals surface area contributed by atoms with Gasteiger partial charge in [0, 0.05) is 25.5 Å². The predicted octanol–water partition coefficient (Wildman–Crippen LogP) is 0.847. The summed E-state index contributed by atoms with van der Waals surface area (Å²) in [7, 11) is 1.73. The quantitative estimate of drug-likeness (QED) is 0.776. The van der Waals surface area contributed by atoms with Crippen LogP contribution in [0.3, 0.4) is 0 Å². The average Bonchev–Trinajstić information content (AvgIpc) is 2.67. The Balaban J connectivity index is 2.78. The van der Waals surface area contributed by atoms with Crippen molar-refractivity contribution in [2.24, 2.45) is 0 Å². The molecule has 6 nitrogen and oxygen atoms in total. The van der Waals surface area contributed by atoms with Crippen molar-refractivity contribution < 1.29 is 14.7 Å². The van der Waals surface area contributed by atoms with E-state index in [0.29, 0.717) is 11.7 Å². The lowest BCUT2D eigenvalue weighted by Gasteiger charge is -2.16. The van der Waals surface area contributed by atoms with Crippen molar-refractivity contribution in [2.75, 3.05) is 19.3 Å². The molecule has 1 aromatic rings. The van der Waals surface area contributed by atoms with Crippen LogP contribution < -0.4 is 0 Å². The van der Waals surface area contributed by atoms with E-state index in [1.807, 2.05) is 13.8 Å². The normalized spacial score (nSPS) is 10.4. The summed E-state index contributed by atoms with van der Waals surface area (Å²) < 4.78 is 1.74. The number of aliphatic carboxylic acids is 1. The molecule has 1 rings (SSSR count). The molecule has 1 aromatic heterocycles. The number of aromatic nitrogens is 2. The lowest BCUT2D eigenvalue weighted by atomic mass is 10.4. The molecule has 1 N–H and O–H groups in total. The predicted molar refractivity (Wildman–Crippen MR) is 68.6 cm³/mol. The van der Waals surface area contributed by atoms with E-state index in [2.05, 4.69) is 4.98 Å². The van der Waals surface area contributed by atoms with Crippen molar-refractivity contribution in [3.05, 3.63) is 11.9 Å². The lowest BCUT2D eigenvalue weighted by Crippen LogP contribution is -2.30. The van der Waals surface area contributed by atoms with Gasteiger partial charge in [0.05, 0.1) is 5.75 Å². The van der Waals surface area contributed by atoms with E-state index in [9.17, 15) is 9.59 Å². The van der Waals surface area contributed by atoms with Gasteiger partial charge in [-0.2, -0.15) is 0 Å². The summed E-state index contributed by atoms with van der Waals surface area (Å²) >= 11 is 1.12. The van der Waals surface area contributed by atoms with Crippen molar-refractivity contribution in [2.45, 2.75) is 25.5 Å². The van der Waals surface area contributed by atoms with Crippen LogP contribution in [0, 0.1) is 6.92 Å². The first kappa shape index (κ1) is 14.6. The molecule has 100 valence electrons. The first-order valence-corrected chi connectivity index (χ1v) is 6.55. The zero-order chi connectivity index (χ0) is 13.7. The Morgan fingerprint density at radius 2 is 2.22 bits per heavy atom. The topological polar surface area (TPSA) is 75.4 Å². The fourth-order valence-corrected chi connectivity index (χ4v) is 2.05. The molecular weight excluding hydrogens is 254 g/mol. The SMILES string of the molecule is CCN(C)C(=O)Cn1c(C)cnc1SCC(=O)O.